The van der Waals surface area contributed by atoms with Crippen molar-refractivity contribution in [3.63, 3.8) is 0 Å². The van der Waals surface area contributed by atoms with E-state index < -0.39 is 22.7 Å². The predicted octanol–water partition coefficient (Wildman–Crippen LogP) is 2.61. The lowest BCUT2D eigenvalue weighted by Crippen LogP contribution is -2.22. The number of nitrogens with two attached hydrogens (primary N) is 1. The summed E-state index contributed by atoms with van der Waals surface area (Å²) in [6.07, 6.45) is -3.05. The van der Waals surface area contributed by atoms with Crippen molar-refractivity contribution in [3.8, 4) is 11.3 Å². The normalized spacial score (nSPS) is 12.0. The van der Waals surface area contributed by atoms with Gasteiger partial charge in [0.25, 0.3) is 0 Å². The Kier molecular flexibility index (Phi) is 6.41. The number of aromatic nitrogens is 4. The summed E-state index contributed by atoms with van der Waals surface area (Å²) in [4.78, 5) is 26.6. The molecule has 0 saturated heterocycles. The van der Waals surface area contributed by atoms with Crippen molar-refractivity contribution in [3.05, 3.63) is 70.6 Å². The van der Waals surface area contributed by atoms with Crippen LogP contribution in [0.1, 0.15) is 5.56 Å². The maximum Gasteiger partial charge on any atom is 0.405 e. The first-order valence-electron chi connectivity index (χ1n) is 10.0. The van der Waals surface area contributed by atoms with Crippen molar-refractivity contribution in [1.82, 2.24) is 19.9 Å². The molecule has 0 bridgehead atoms. The Labute approximate surface area is 196 Å². The highest BCUT2D eigenvalue weighted by Crippen LogP contribution is 2.26. The van der Waals surface area contributed by atoms with E-state index in [1.54, 1.807) is 12.1 Å². The Hall–Kier alpha value is -4.04. The summed E-state index contributed by atoms with van der Waals surface area (Å²) in [6, 6.07) is 11.8. The van der Waals surface area contributed by atoms with Gasteiger partial charge in [-0.25, -0.2) is 23.5 Å². The molecule has 0 aliphatic rings. The van der Waals surface area contributed by atoms with Crippen LogP contribution in [-0.4, -0.2) is 41.1 Å². The van der Waals surface area contributed by atoms with Gasteiger partial charge >= 0.3 is 6.18 Å². The van der Waals surface area contributed by atoms with Gasteiger partial charge < -0.3 is 15.6 Å². The summed E-state index contributed by atoms with van der Waals surface area (Å²) in [5.41, 5.74) is 1.71. The maximum absolute atomic E-state index is 12.9. The zero-order chi connectivity index (χ0) is 25.2. The number of primary sulfonamides is 1. The number of pyridine rings is 2. The van der Waals surface area contributed by atoms with Gasteiger partial charge in [0.15, 0.2) is 5.82 Å². The van der Waals surface area contributed by atoms with E-state index in [1.165, 1.54) is 42.6 Å². The highest BCUT2D eigenvalue weighted by molar-refractivity contribution is 7.89. The van der Waals surface area contributed by atoms with Crippen LogP contribution in [0.5, 0.6) is 0 Å². The topological polar surface area (TPSA) is 156 Å². The molecule has 0 fully saturated rings. The zero-order valence-corrected chi connectivity index (χ0v) is 18.6. The Balaban J connectivity index is 1.65. The van der Waals surface area contributed by atoms with Crippen LogP contribution in [0.3, 0.4) is 0 Å². The molecule has 0 spiro atoms. The Morgan fingerprint density at radius 2 is 1.69 bits per heavy atom. The first kappa shape index (κ1) is 24.1. The molecule has 0 saturated carbocycles. The van der Waals surface area contributed by atoms with Gasteiger partial charge in [0.1, 0.15) is 12.1 Å². The molecule has 10 nitrogen and oxygen atoms in total. The quantitative estimate of drug-likeness (QED) is 0.299. The average molecular weight is 505 g/mol. The number of fused-ring (bicyclic) bond motifs is 1. The number of H-pyrrole nitrogens is 1. The largest absolute Gasteiger partial charge is 0.405 e. The second-order valence-corrected chi connectivity index (χ2v) is 8.97. The molecule has 0 radical (unpaired) electrons. The first-order valence-corrected chi connectivity index (χ1v) is 11.6. The average Bonchev–Trinajstić information content (AvgIpc) is 2.80. The van der Waals surface area contributed by atoms with Crippen molar-refractivity contribution in [2.45, 2.75) is 17.6 Å². The van der Waals surface area contributed by atoms with Gasteiger partial charge in [-0.15, -0.1) is 0 Å². The lowest BCUT2D eigenvalue weighted by molar-refractivity contribution is -0.115. The van der Waals surface area contributed by atoms with Crippen LogP contribution in [-0.2, 0) is 16.6 Å². The summed E-state index contributed by atoms with van der Waals surface area (Å²) in [7, 11) is -3.83. The summed E-state index contributed by atoms with van der Waals surface area (Å²) < 4.78 is 61.4. The lowest BCUT2D eigenvalue weighted by Gasteiger charge is -2.13. The van der Waals surface area contributed by atoms with E-state index in [1.807, 2.05) is 0 Å². The number of anilines is 2. The van der Waals surface area contributed by atoms with Gasteiger partial charge in [-0.2, -0.15) is 18.2 Å². The van der Waals surface area contributed by atoms with Crippen molar-refractivity contribution in [1.29, 1.82) is 0 Å². The number of rotatable bonds is 7. The number of benzene rings is 1. The molecular formula is C21H18F3N7O3S. The smallest absolute Gasteiger partial charge is 0.359 e. The van der Waals surface area contributed by atoms with E-state index in [9.17, 15) is 26.4 Å². The van der Waals surface area contributed by atoms with Crippen LogP contribution in [0, 0.1) is 0 Å². The van der Waals surface area contributed by atoms with Crippen molar-refractivity contribution in [2.24, 2.45) is 5.14 Å². The van der Waals surface area contributed by atoms with Gasteiger partial charge in [-0.1, -0.05) is 12.1 Å². The maximum atomic E-state index is 12.9. The van der Waals surface area contributed by atoms with Crippen LogP contribution in [0.25, 0.3) is 22.3 Å². The highest BCUT2D eigenvalue weighted by Gasteiger charge is 2.27. The molecule has 0 aliphatic heterocycles. The van der Waals surface area contributed by atoms with Crippen LogP contribution < -0.4 is 21.3 Å². The fraction of sp³-hybridized carbons (Fsp3) is 0.143. The number of nitrogens with zero attached hydrogens (tertiary/aromatic N) is 3. The molecule has 4 rings (SSSR count). The van der Waals surface area contributed by atoms with Gasteiger partial charge in [0, 0.05) is 24.4 Å². The summed E-state index contributed by atoms with van der Waals surface area (Å²) in [6.45, 7) is -1.17. The van der Waals surface area contributed by atoms with Gasteiger partial charge in [0.05, 0.1) is 16.1 Å². The van der Waals surface area contributed by atoms with Crippen LogP contribution >= 0.6 is 0 Å². The minimum absolute atomic E-state index is 0.0382. The fourth-order valence-electron chi connectivity index (χ4n) is 3.11. The Morgan fingerprint density at radius 1 is 0.943 bits per heavy atom. The SMILES string of the molecule is NS(=O)(=O)c1ccc(CNc2nc(NCC(F)(F)F)c3nc(-c4ccc(=O)[nH]c4)ccc3n2)cc1. The fourth-order valence-corrected chi connectivity index (χ4v) is 3.62. The second kappa shape index (κ2) is 9.31. The molecule has 0 unspecified atom stereocenters. The molecule has 4 aromatic rings. The van der Waals surface area contributed by atoms with E-state index >= 15 is 0 Å². The van der Waals surface area contributed by atoms with Crippen molar-refractivity contribution >= 4 is 32.8 Å². The lowest BCUT2D eigenvalue weighted by atomic mass is 10.2. The molecule has 3 aromatic heterocycles. The number of hydrogen-bond acceptors (Lipinski definition) is 8. The number of halogens is 3. The summed E-state index contributed by atoms with van der Waals surface area (Å²) >= 11 is 0. The molecule has 0 atom stereocenters. The molecule has 182 valence electrons. The number of hydrogen-bond donors (Lipinski definition) is 4. The second-order valence-electron chi connectivity index (χ2n) is 7.41. The Bertz CT molecular complexity index is 1520. The third kappa shape index (κ3) is 6.10. The number of alkyl halides is 3. The molecule has 5 N–H and O–H groups in total. The number of sulfonamides is 1. The molecule has 35 heavy (non-hydrogen) atoms. The molecular weight excluding hydrogens is 487 g/mol. The summed E-state index contributed by atoms with van der Waals surface area (Å²) in [5, 5.41) is 10.3. The van der Waals surface area contributed by atoms with E-state index in [0.29, 0.717) is 16.8 Å². The van der Waals surface area contributed by atoms with Gasteiger partial charge in [-0.05, 0) is 35.9 Å². The van der Waals surface area contributed by atoms with Crippen LogP contribution in [0.15, 0.2) is 64.4 Å². The van der Waals surface area contributed by atoms with E-state index in [0.717, 1.165) is 0 Å². The van der Waals surface area contributed by atoms with Gasteiger partial charge in [0.2, 0.25) is 21.5 Å². The molecule has 0 aliphatic carbocycles. The van der Waals surface area contributed by atoms with Crippen molar-refractivity contribution in [2.75, 3.05) is 17.2 Å². The third-order valence-corrected chi connectivity index (χ3v) is 5.71. The van der Waals surface area contributed by atoms with Crippen molar-refractivity contribution < 1.29 is 21.6 Å². The molecule has 14 heteroatoms. The summed E-state index contributed by atoms with van der Waals surface area (Å²) in [5.74, 6) is -0.0954. The standard InChI is InChI=1S/C21H18F3N7O3S/c22-21(23,24)11-28-19-18-16(7-6-15(29-18)13-3-8-17(32)26-10-13)30-20(31-19)27-9-12-1-4-14(5-2-12)35(25,33)34/h1-8,10H,9,11H2,(H,26,32)(H2,25,33,34)(H2,27,28,30,31). The predicted molar refractivity (Wildman–Crippen MR) is 123 cm³/mol. The minimum atomic E-state index is -4.49. The zero-order valence-electron chi connectivity index (χ0n) is 17.8. The number of nitrogens with one attached hydrogen (secondary N) is 3. The molecule has 0 amide bonds. The molecule has 3 heterocycles. The van der Waals surface area contributed by atoms with E-state index in [2.05, 4.69) is 30.6 Å². The monoisotopic (exact) mass is 505 g/mol. The first-order chi connectivity index (χ1) is 16.5. The van der Waals surface area contributed by atoms with E-state index in [4.69, 9.17) is 5.14 Å². The number of aromatic amines is 1. The minimum Gasteiger partial charge on any atom is -0.359 e. The highest BCUT2D eigenvalue weighted by atomic mass is 32.2. The van der Waals surface area contributed by atoms with Gasteiger partial charge in [-0.3, -0.25) is 4.79 Å². The van der Waals surface area contributed by atoms with E-state index in [-0.39, 0.29) is 39.8 Å². The van der Waals surface area contributed by atoms with Crippen LogP contribution in [0.2, 0.25) is 0 Å². The molecule has 1 aromatic carbocycles. The Morgan fingerprint density at radius 3 is 2.31 bits per heavy atom. The third-order valence-electron chi connectivity index (χ3n) is 4.78. The van der Waals surface area contributed by atoms with Crippen LogP contribution in [0.4, 0.5) is 24.9 Å².